The molecule has 0 spiro atoms. The van der Waals surface area contributed by atoms with Crippen LogP contribution in [0.2, 0.25) is 0 Å². The smallest absolute Gasteiger partial charge is 0.337 e. The summed E-state index contributed by atoms with van der Waals surface area (Å²) in [7, 11) is 1.41. The Morgan fingerprint density at radius 2 is 1.50 bits per heavy atom. The largest absolute Gasteiger partial charge is 0.465 e. The third-order valence-electron chi connectivity index (χ3n) is 6.78. The highest BCUT2D eigenvalue weighted by atomic mass is 16.5. The maximum Gasteiger partial charge on any atom is 0.337 e. The molecule has 0 aromatic heterocycles. The number of allylic oxidation sites excluding steroid dienone is 1. The lowest BCUT2D eigenvalue weighted by atomic mass is 9.62. The number of hydrogen-bond acceptors (Lipinski definition) is 2. The van der Waals surface area contributed by atoms with Gasteiger partial charge in [0.05, 0.1) is 12.7 Å². The Morgan fingerprint density at radius 1 is 0.967 bits per heavy atom. The van der Waals surface area contributed by atoms with Crippen molar-refractivity contribution in [3.8, 4) is 0 Å². The Balaban J connectivity index is 2.10. The minimum absolute atomic E-state index is 0.192. The summed E-state index contributed by atoms with van der Waals surface area (Å²) in [6.45, 7) is 16.3. The maximum atomic E-state index is 11.7. The van der Waals surface area contributed by atoms with Crippen molar-refractivity contribution in [1.82, 2.24) is 0 Å². The number of hydrogen-bond donors (Lipinski definition) is 0. The van der Waals surface area contributed by atoms with Crippen LogP contribution in [0.25, 0.3) is 11.6 Å². The molecule has 0 radical (unpaired) electrons. The first-order valence-electron chi connectivity index (χ1n) is 11.0. The van der Waals surface area contributed by atoms with Gasteiger partial charge in [0, 0.05) is 0 Å². The molecule has 0 unspecified atom stereocenters. The van der Waals surface area contributed by atoms with Gasteiger partial charge in [0.2, 0.25) is 0 Å². The molecular weight excluding hydrogens is 368 g/mol. The predicted octanol–water partition coefficient (Wildman–Crippen LogP) is 7.51. The van der Waals surface area contributed by atoms with Crippen molar-refractivity contribution in [3.63, 3.8) is 0 Å². The highest BCUT2D eigenvalue weighted by Crippen LogP contribution is 2.48. The van der Waals surface area contributed by atoms with Gasteiger partial charge < -0.3 is 4.74 Å². The number of rotatable bonds is 4. The summed E-state index contributed by atoms with van der Waals surface area (Å²) in [4.78, 5) is 11.7. The van der Waals surface area contributed by atoms with E-state index in [9.17, 15) is 4.79 Å². The zero-order valence-electron chi connectivity index (χ0n) is 19.8. The van der Waals surface area contributed by atoms with Gasteiger partial charge in [-0.15, -0.1) is 0 Å². The van der Waals surface area contributed by atoms with Gasteiger partial charge in [-0.2, -0.15) is 0 Å². The third kappa shape index (κ3) is 4.24. The van der Waals surface area contributed by atoms with E-state index in [1.54, 1.807) is 0 Å². The van der Waals surface area contributed by atoms with Crippen LogP contribution in [-0.2, 0) is 15.6 Å². The molecule has 0 aliphatic heterocycles. The zero-order chi connectivity index (χ0) is 22.3. The first kappa shape index (κ1) is 22.3. The van der Waals surface area contributed by atoms with Crippen molar-refractivity contribution in [1.29, 1.82) is 0 Å². The van der Waals surface area contributed by atoms with Crippen LogP contribution in [0.5, 0.6) is 0 Å². The molecule has 0 fully saturated rings. The molecule has 0 heterocycles. The Bertz CT molecular complexity index is 972. The van der Waals surface area contributed by atoms with E-state index in [0.717, 1.165) is 5.56 Å². The van der Waals surface area contributed by atoms with Crippen LogP contribution < -0.4 is 0 Å². The number of esters is 1. The molecule has 0 bridgehead atoms. The average Bonchev–Trinajstić information content (AvgIpc) is 2.70. The van der Waals surface area contributed by atoms with Gasteiger partial charge >= 0.3 is 5.97 Å². The number of carbonyl (C=O) groups is 1. The summed E-state index contributed by atoms with van der Waals surface area (Å²) in [5, 5.41) is 0. The number of benzene rings is 2. The summed E-state index contributed by atoms with van der Waals surface area (Å²) < 4.78 is 4.80. The van der Waals surface area contributed by atoms with E-state index in [0.29, 0.717) is 11.5 Å². The fourth-order valence-corrected chi connectivity index (χ4v) is 4.61. The first-order valence-corrected chi connectivity index (χ1v) is 11.0. The van der Waals surface area contributed by atoms with E-state index in [1.807, 2.05) is 24.3 Å². The Morgan fingerprint density at radius 3 is 2.00 bits per heavy atom. The average molecular weight is 405 g/mol. The topological polar surface area (TPSA) is 26.3 Å². The molecule has 1 aliphatic carbocycles. The molecule has 2 aromatic carbocycles. The summed E-state index contributed by atoms with van der Waals surface area (Å²) in [6, 6.07) is 12.6. The van der Waals surface area contributed by atoms with Gasteiger partial charge in [-0.05, 0) is 82.0 Å². The highest BCUT2D eigenvalue weighted by Gasteiger charge is 2.37. The van der Waals surface area contributed by atoms with Crippen LogP contribution >= 0.6 is 0 Å². The van der Waals surface area contributed by atoms with E-state index in [1.165, 1.54) is 47.8 Å². The lowest BCUT2D eigenvalue weighted by Crippen LogP contribution is -2.34. The summed E-state index contributed by atoms with van der Waals surface area (Å²) in [5.74, 6) is 0.153. The molecule has 0 N–H and O–H groups in total. The lowest BCUT2D eigenvalue weighted by Gasteiger charge is -2.43. The second-order valence-electron chi connectivity index (χ2n) is 10.3. The maximum absolute atomic E-state index is 11.7. The van der Waals surface area contributed by atoms with Gasteiger partial charge in [-0.1, -0.05) is 71.9 Å². The Hall–Kier alpha value is -2.35. The number of carbonyl (C=O) groups excluding carboxylic acids is 1. The second kappa shape index (κ2) is 8.06. The molecule has 2 nitrogen and oxygen atoms in total. The molecule has 2 heteroatoms. The normalized spacial score (nSPS) is 17.6. The van der Waals surface area contributed by atoms with Crippen molar-refractivity contribution in [2.24, 2.45) is 0 Å². The fraction of sp³-hybridized carbons (Fsp3) is 0.464. The van der Waals surface area contributed by atoms with Crippen molar-refractivity contribution in [2.75, 3.05) is 7.11 Å². The SMILES string of the molecule is COC(=O)c1ccc(/C=C(\C)c2cc3c(cc2C(C)C)C(C)(C)CCC3(C)C)cc1. The number of methoxy groups -OCH3 is 1. The van der Waals surface area contributed by atoms with Gasteiger partial charge in [0.15, 0.2) is 0 Å². The molecular formula is C28H36O2. The van der Waals surface area contributed by atoms with Crippen LogP contribution in [0.15, 0.2) is 36.4 Å². The molecule has 0 atom stereocenters. The predicted molar refractivity (Wildman–Crippen MR) is 127 cm³/mol. The van der Waals surface area contributed by atoms with Crippen LogP contribution in [0.4, 0.5) is 0 Å². The van der Waals surface area contributed by atoms with Crippen molar-refractivity contribution < 1.29 is 9.53 Å². The zero-order valence-corrected chi connectivity index (χ0v) is 19.8. The van der Waals surface area contributed by atoms with Crippen molar-refractivity contribution in [3.05, 3.63) is 69.8 Å². The molecule has 0 amide bonds. The third-order valence-corrected chi connectivity index (χ3v) is 6.78. The molecule has 0 saturated carbocycles. The van der Waals surface area contributed by atoms with Crippen molar-refractivity contribution in [2.45, 2.75) is 78.1 Å². The van der Waals surface area contributed by atoms with Gasteiger partial charge in [-0.25, -0.2) is 4.79 Å². The quantitative estimate of drug-likeness (QED) is 0.389. The van der Waals surface area contributed by atoms with E-state index in [4.69, 9.17) is 4.74 Å². The number of ether oxygens (including phenoxy) is 1. The second-order valence-corrected chi connectivity index (χ2v) is 10.3. The van der Waals surface area contributed by atoms with Crippen LogP contribution in [-0.4, -0.2) is 13.1 Å². The summed E-state index contributed by atoms with van der Waals surface area (Å²) in [6.07, 6.45) is 4.66. The van der Waals surface area contributed by atoms with Gasteiger partial charge in [0.1, 0.15) is 0 Å². The van der Waals surface area contributed by atoms with Crippen molar-refractivity contribution >= 4 is 17.6 Å². The van der Waals surface area contributed by atoms with Crippen LogP contribution in [0.1, 0.15) is 105 Å². The molecule has 160 valence electrons. The lowest BCUT2D eigenvalue weighted by molar-refractivity contribution is 0.0600. The minimum Gasteiger partial charge on any atom is -0.465 e. The monoisotopic (exact) mass is 404 g/mol. The Kier molecular flexibility index (Phi) is 6.00. The van der Waals surface area contributed by atoms with Crippen LogP contribution in [0, 0.1) is 0 Å². The molecule has 1 aliphatic rings. The van der Waals surface area contributed by atoms with E-state index in [2.05, 4.69) is 66.7 Å². The first-order chi connectivity index (χ1) is 14.0. The minimum atomic E-state index is -0.302. The van der Waals surface area contributed by atoms with Crippen LogP contribution in [0.3, 0.4) is 0 Å². The summed E-state index contributed by atoms with van der Waals surface area (Å²) in [5.41, 5.74) is 9.09. The Labute approximate surface area is 182 Å². The molecule has 2 aromatic rings. The fourth-order valence-electron chi connectivity index (χ4n) is 4.61. The summed E-state index contributed by atoms with van der Waals surface area (Å²) >= 11 is 0. The van der Waals surface area contributed by atoms with Gasteiger partial charge in [0.25, 0.3) is 0 Å². The van der Waals surface area contributed by atoms with E-state index in [-0.39, 0.29) is 16.8 Å². The molecule has 3 rings (SSSR count). The van der Waals surface area contributed by atoms with E-state index >= 15 is 0 Å². The standard InChI is InChI=1S/C28H36O2/c1-18(2)22-16-24-25(28(6,7)14-13-27(24,4)5)17-23(22)19(3)15-20-9-11-21(12-10-20)26(29)30-8/h9-12,15-18H,13-14H2,1-8H3/b19-15+. The highest BCUT2D eigenvalue weighted by molar-refractivity contribution is 5.90. The van der Waals surface area contributed by atoms with E-state index < -0.39 is 0 Å². The number of fused-ring (bicyclic) bond motifs is 1. The van der Waals surface area contributed by atoms with Gasteiger partial charge in [-0.3, -0.25) is 0 Å². The molecule has 0 saturated heterocycles. The molecule has 30 heavy (non-hydrogen) atoms.